The zero-order valence-electron chi connectivity index (χ0n) is 9.60. The number of unbranched alkanes of at least 4 members (excludes halogenated alkanes) is 3. The van der Waals surface area contributed by atoms with Crippen LogP contribution in [0.3, 0.4) is 0 Å². The van der Waals surface area contributed by atoms with Gasteiger partial charge < -0.3 is 0 Å². The van der Waals surface area contributed by atoms with Gasteiger partial charge in [0.2, 0.25) is 0 Å². The molecule has 1 fully saturated rings. The second kappa shape index (κ2) is 7.56. The van der Waals surface area contributed by atoms with Crippen molar-refractivity contribution < 1.29 is 0 Å². The maximum atomic E-state index is 6.26. The fourth-order valence-corrected chi connectivity index (χ4v) is 2.92. The van der Waals surface area contributed by atoms with E-state index in [0.29, 0.717) is 5.38 Å². The van der Waals surface area contributed by atoms with Gasteiger partial charge in [-0.25, -0.2) is 0 Å². The minimum Gasteiger partial charge on any atom is -0.123 e. The summed E-state index contributed by atoms with van der Waals surface area (Å²) < 4.78 is 0. The van der Waals surface area contributed by atoms with Crippen molar-refractivity contribution in [2.75, 3.05) is 0 Å². The van der Waals surface area contributed by atoms with Crippen LogP contribution in [0.1, 0.15) is 71.1 Å². The van der Waals surface area contributed by atoms with Crippen LogP contribution in [-0.2, 0) is 0 Å². The Morgan fingerprint density at radius 1 is 1.07 bits per heavy atom. The molecule has 0 amide bonds. The van der Waals surface area contributed by atoms with Gasteiger partial charge >= 0.3 is 0 Å². The van der Waals surface area contributed by atoms with Gasteiger partial charge in [-0.3, -0.25) is 0 Å². The van der Waals surface area contributed by atoms with Crippen molar-refractivity contribution in [1.82, 2.24) is 0 Å². The Bertz CT molecular complexity index is 133. The molecule has 1 saturated carbocycles. The third-order valence-corrected chi connectivity index (χ3v) is 3.83. The van der Waals surface area contributed by atoms with E-state index in [4.69, 9.17) is 11.6 Å². The van der Waals surface area contributed by atoms with Crippen LogP contribution in [0.2, 0.25) is 0 Å². The van der Waals surface area contributed by atoms with E-state index >= 15 is 0 Å². The Labute approximate surface area is 94.4 Å². The molecular formula is C13H25Cl. The van der Waals surface area contributed by atoms with Crippen LogP contribution in [0.15, 0.2) is 0 Å². The molecule has 0 nitrogen and oxygen atoms in total. The van der Waals surface area contributed by atoms with Gasteiger partial charge in [-0.1, -0.05) is 58.3 Å². The fourth-order valence-electron chi connectivity index (χ4n) is 2.52. The number of hydrogen-bond donors (Lipinski definition) is 0. The third-order valence-electron chi connectivity index (χ3n) is 3.43. The first-order chi connectivity index (χ1) is 6.83. The summed E-state index contributed by atoms with van der Waals surface area (Å²) in [6.45, 7) is 2.28. The summed E-state index contributed by atoms with van der Waals surface area (Å²) >= 11 is 6.26. The van der Waals surface area contributed by atoms with E-state index in [1.165, 1.54) is 64.2 Å². The summed E-state index contributed by atoms with van der Waals surface area (Å²) in [6.07, 6.45) is 13.8. The normalized spacial score (nSPS) is 28.7. The van der Waals surface area contributed by atoms with E-state index in [0.717, 1.165) is 5.92 Å². The van der Waals surface area contributed by atoms with Gasteiger partial charge in [-0.05, 0) is 18.8 Å². The molecular weight excluding hydrogens is 192 g/mol. The van der Waals surface area contributed by atoms with Crippen molar-refractivity contribution in [2.45, 2.75) is 76.5 Å². The third kappa shape index (κ3) is 5.24. The number of alkyl halides is 1. The molecule has 0 aliphatic heterocycles. The van der Waals surface area contributed by atoms with Crippen molar-refractivity contribution >= 4 is 11.6 Å². The quantitative estimate of drug-likeness (QED) is 0.339. The molecule has 0 aromatic rings. The summed E-state index contributed by atoms with van der Waals surface area (Å²) in [5.41, 5.74) is 0. The lowest BCUT2D eigenvalue weighted by Gasteiger charge is -2.15. The molecule has 1 rings (SSSR count). The first-order valence-corrected chi connectivity index (χ1v) is 6.90. The van der Waals surface area contributed by atoms with Gasteiger partial charge in [0.15, 0.2) is 0 Å². The lowest BCUT2D eigenvalue weighted by Crippen LogP contribution is -2.05. The Morgan fingerprint density at radius 2 is 1.86 bits per heavy atom. The Hall–Kier alpha value is 0.290. The van der Waals surface area contributed by atoms with Gasteiger partial charge in [0, 0.05) is 5.38 Å². The number of rotatable bonds is 5. The average molecular weight is 217 g/mol. The van der Waals surface area contributed by atoms with Gasteiger partial charge in [-0.2, -0.15) is 0 Å². The van der Waals surface area contributed by atoms with Crippen LogP contribution in [0.5, 0.6) is 0 Å². The van der Waals surface area contributed by atoms with Crippen LogP contribution in [0.25, 0.3) is 0 Å². The molecule has 0 heterocycles. The summed E-state index contributed by atoms with van der Waals surface area (Å²) in [6, 6.07) is 0. The van der Waals surface area contributed by atoms with E-state index in [2.05, 4.69) is 6.92 Å². The summed E-state index contributed by atoms with van der Waals surface area (Å²) in [4.78, 5) is 0. The van der Waals surface area contributed by atoms with Gasteiger partial charge in [0.05, 0.1) is 0 Å². The largest absolute Gasteiger partial charge is 0.123 e. The van der Waals surface area contributed by atoms with Crippen molar-refractivity contribution in [3.8, 4) is 0 Å². The summed E-state index contributed by atoms with van der Waals surface area (Å²) in [5, 5.41) is 0.480. The predicted octanol–water partition coefficient (Wildman–Crippen LogP) is 5.14. The molecule has 0 saturated heterocycles. The van der Waals surface area contributed by atoms with E-state index in [-0.39, 0.29) is 0 Å². The first kappa shape index (κ1) is 12.4. The smallest absolute Gasteiger partial charge is 0.0338 e. The highest BCUT2D eigenvalue weighted by atomic mass is 35.5. The van der Waals surface area contributed by atoms with Crippen LogP contribution >= 0.6 is 11.6 Å². The molecule has 0 spiro atoms. The van der Waals surface area contributed by atoms with E-state index in [1.807, 2.05) is 0 Å². The van der Waals surface area contributed by atoms with Crippen molar-refractivity contribution in [3.05, 3.63) is 0 Å². The molecule has 0 radical (unpaired) electrons. The number of halogens is 1. The van der Waals surface area contributed by atoms with E-state index in [1.54, 1.807) is 0 Å². The van der Waals surface area contributed by atoms with Crippen LogP contribution < -0.4 is 0 Å². The molecule has 0 aromatic heterocycles. The Morgan fingerprint density at radius 3 is 2.64 bits per heavy atom. The number of hydrogen-bond acceptors (Lipinski definition) is 0. The average Bonchev–Trinajstić information content (AvgIpc) is 2.38. The Kier molecular flexibility index (Phi) is 6.68. The minimum absolute atomic E-state index is 0.480. The monoisotopic (exact) mass is 216 g/mol. The summed E-state index contributed by atoms with van der Waals surface area (Å²) in [7, 11) is 0. The topological polar surface area (TPSA) is 0 Å². The Balaban J connectivity index is 2.09. The molecule has 14 heavy (non-hydrogen) atoms. The standard InChI is InChI=1S/C13H25Cl/c1-2-3-4-5-8-12-9-6-7-10-13(14)11-12/h12-13H,2-11H2,1H3. The maximum absolute atomic E-state index is 6.26. The van der Waals surface area contributed by atoms with Gasteiger partial charge in [0.1, 0.15) is 0 Å². The van der Waals surface area contributed by atoms with Crippen LogP contribution in [0.4, 0.5) is 0 Å². The summed E-state index contributed by atoms with van der Waals surface area (Å²) in [5.74, 6) is 0.942. The molecule has 1 aliphatic rings. The lowest BCUT2D eigenvalue weighted by molar-refractivity contribution is 0.408. The zero-order valence-corrected chi connectivity index (χ0v) is 10.4. The predicted molar refractivity (Wildman–Crippen MR) is 65.0 cm³/mol. The molecule has 84 valence electrons. The molecule has 1 heteroatoms. The SMILES string of the molecule is CCCCCCC1CCCCC(Cl)C1. The van der Waals surface area contributed by atoms with Gasteiger partial charge in [0.25, 0.3) is 0 Å². The van der Waals surface area contributed by atoms with Crippen molar-refractivity contribution in [1.29, 1.82) is 0 Å². The van der Waals surface area contributed by atoms with Crippen LogP contribution in [-0.4, -0.2) is 5.38 Å². The molecule has 2 unspecified atom stereocenters. The van der Waals surface area contributed by atoms with Crippen LogP contribution in [0, 0.1) is 5.92 Å². The lowest BCUT2D eigenvalue weighted by atomic mass is 9.93. The highest BCUT2D eigenvalue weighted by Crippen LogP contribution is 2.30. The minimum atomic E-state index is 0.480. The molecule has 0 aromatic carbocycles. The second-order valence-electron chi connectivity index (χ2n) is 4.83. The van der Waals surface area contributed by atoms with Gasteiger partial charge in [-0.15, -0.1) is 11.6 Å². The molecule has 2 atom stereocenters. The fraction of sp³-hybridized carbons (Fsp3) is 1.00. The second-order valence-corrected chi connectivity index (χ2v) is 5.45. The molecule has 1 aliphatic carbocycles. The first-order valence-electron chi connectivity index (χ1n) is 6.47. The van der Waals surface area contributed by atoms with E-state index < -0.39 is 0 Å². The van der Waals surface area contributed by atoms with Crippen molar-refractivity contribution in [3.63, 3.8) is 0 Å². The molecule has 0 bridgehead atoms. The van der Waals surface area contributed by atoms with Crippen molar-refractivity contribution in [2.24, 2.45) is 5.92 Å². The van der Waals surface area contributed by atoms with E-state index in [9.17, 15) is 0 Å². The highest BCUT2D eigenvalue weighted by molar-refractivity contribution is 6.20. The zero-order chi connectivity index (χ0) is 10.2. The molecule has 0 N–H and O–H groups in total. The highest BCUT2D eigenvalue weighted by Gasteiger charge is 2.17. The maximum Gasteiger partial charge on any atom is 0.0338 e.